The molecule has 0 atom stereocenters. The molecule has 7 heteroatoms. The summed E-state index contributed by atoms with van der Waals surface area (Å²) < 4.78 is 7.03. The number of thiophene rings is 2. The van der Waals surface area contributed by atoms with Crippen molar-refractivity contribution in [2.24, 2.45) is 0 Å². The van der Waals surface area contributed by atoms with E-state index in [4.69, 9.17) is 0 Å². The predicted molar refractivity (Wildman–Crippen MR) is 280 cm³/mol. The maximum Gasteiger partial charge on any atom is 0.205 e. The van der Waals surface area contributed by atoms with Crippen LogP contribution in [0.15, 0.2) is 201 Å². The maximum atomic E-state index is 12.2. The van der Waals surface area contributed by atoms with Gasteiger partial charge in [-0.3, -0.25) is 9.97 Å². The van der Waals surface area contributed by atoms with Crippen LogP contribution in [0.2, 0.25) is 0 Å². The highest BCUT2D eigenvalue weighted by Gasteiger charge is 2.32. The van der Waals surface area contributed by atoms with E-state index in [1.54, 1.807) is 47.5 Å². The van der Waals surface area contributed by atoms with E-state index in [0.717, 1.165) is 80.9 Å². The molecule has 0 fully saturated rings. The van der Waals surface area contributed by atoms with Gasteiger partial charge in [-0.25, -0.2) is 4.85 Å². The Morgan fingerprint density at radius 3 is 1.37 bits per heavy atom. The molecule has 0 saturated heterocycles. The first-order valence-electron chi connectivity index (χ1n) is 22.0. The van der Waals surface area contributed by atoms with Crippen molar-refractivity contribution in [1.82, 2.24) is 14.5 Å². The molecule has 5 heterocycles. The van der Waals surface area contributed by atoms with E-state index in [1.165, 1.54) is 20.2 Å². The molecule has 8 aromatic carbocycles. The zero-order chi connectivity index (χ0) is 44.6. The lowest BCUT2D eigenvalue weighted by atomic mass is 9.82. The Morgan fingerprint density at radius 2 is 0.881 bits per heavy atom. The van der Waals surface area contributed by atoms with Crippen molar-refractivity contribution in [3.05, 3.63) is 218 Å². The van der Waals surface area contributed by atoms with Crippen LogP contribution in [0.1, 0.15) is 5.56 Å². The van der Waals surface area contributed by atoms with Crippen molar-refractivity contribution in [3.8, 4) is 67.4 Å². The molecule has 13 aromatic rings. The summed E-state index contributed by atoms with van der Waals surface area (Å²) in [4.78, 5) is 13.3. The fourth-order valence-electron chi connectivity index (χ4n) is 10.2. The van der Waals surface area contributed by atoms with Gasteiger partial charge in [0.2, 0.25) is 5.69 Å². The molecule has 0 unspecified atom stereocenters. The van der Waals surface area contributed by atoms with Crippen LogP contribution in [0.3, 0.4) is 0 Å². The summed E-state index contributed by atoms with van der Waals surface area (Å²) in [6, 6.07) is 64.0. The highest BCUT2D eigenvalue weighted by atomic mass is 32.1. The molecule has 0 aliphatic rings. The Labute approximate surface area is 393 Å². The molecule has 0 bridgehead atoms. The standard InChI is InChI=1S/C60H33N5S2/c1-62-55-53(42-33-40(36-24-28-63-29-25-36)32-41(34-42)37-26-30-64-31-27-37)52(38-12-4-2-5-13-38)49(35-61)56(54(55)39-14-6-3-7-15-39)65-57-45(20-22-47-43-16-8-10-18-50(43)66-59(47)57)46-21-23-48-44-17-9-11-19-51(44)67-60(48)58(46)65/h2-34H. The van der Waals surface area contributed by atoms with Crippen LogP contribution < -0.4 is 0 Å². The van der Waals surface area contributed by atoms with Gasteiger partial charge in [0.25, 0.3) is 0 Å². The van der Waals surface area contributed by atoms with Gasteiger partial charge >= 0.3 is 0 Å². The van der Waals surface area contributed by atoms with Crippen LogP contribution in [0.5, 0.6) is 0 Å². The Morgan fingerprint density at radius 1 is 0.433 bits per heavy atom. The fraction of sp³-hybridized carbons (Fsp3) is 0. The summed E-state index contributed by atoms with van der Waals surface area (Å²) in [6.45, 7) is 9.42. The van der Waals surface area contributed by atoms with E-state index in [1.807, 2.05) is 60.7 Å². The normalized spacial score (nSPS) is 11.6. The minimum atomic E-state index is 0.466. The Hall–Kier alpha value is -8.72. The summed E-state index contributed by atoms with van der Waals surface area (Å²) in [7, 11) is 0. The highest BCUT2D eigenvalue weighted by Crippen LogP contribution is 2.55. The lowest BCUT2D eigenvalue weighted by molar-refractivity contribution is 1.19. The molecule has 0 amide bonds. The molecule has 0 saturated carbocycles. The van der Waals surface area contributed by atoms with Crippen molar-refractivity contribution < 1.29 is 0 Å². The third kappa shape index (κ3) is 5.97. The van der Waals surface area contributed by atoms with Crippen molar-refractivity contribution >= 4 is 90.5 Å². The number of fused-ring (bicyclic) bond motifs is 11. The zero-order valence-electron chi connectivity index (χ0n) is 35.6. The van der Waals surface area contributed by atoms with Crippen LogP contribution in [0.4, 0.5) is 5.69 Å². The van der Waals surface area contributed by atoms with Gasteiger partial charge in [0, 0.05) is 72.1 Å². The topological polar surface area (TPSA) is 58.9 Å². The molecule has 0 aliphatic heterocycles. The van der Waals surface area contributed by atoms with Crippen molar-refractivity contribution in [3.63, 3.8) is 0 Å². The molecule has 5 nitrogen and oxygen atoms in total. The smallest absolute Gasteiger partial charge is 0.205 e. The maximum absolute atomic E-state index is 12.2. The minimum absolute atomic E-state index is 0.466. The van der Waals surface area contributed by atoms with Gasteiger partial charge in [0.15, 0.2) is 0 Å². The highest BCUT2D eigenvalue weighted by molar-refractivity contribution is 7.27. The molecule has 67 heavy (non-hydrogen) atoms. The Balaban J connectivity index is 1.28. The SMILES string of the molecule is [C-]#[N+]c1c(-c2cc(-c3ccncc3)cc(-c3ccncc3)c2)c(-c2ccccc2)c(C#N)c(-n2c3c(ccc4c5ccccc5sc43)c3ccc4c5ccccc5sc4c32)c1-c1ccccc1. The Bertz CT molecular complexity index is 4030. The molecule has 0 spiro atoms. The summed E-state index contributed by atoms with van der Waals surface area (Å²) in [5.74, 6) is 0. The monoisotopic (exact) mass is 887 g/mol. The third-order valence-electron chi connectivity index (χ3n) is 13.0. The molecule has 0 aliphatic carbocycles. The predicted octanol–water partition coefficient (Wildman–Crippen LogP) is 17.1. The first-order valence-corrected chi connectivity index (χ1v) is 23.6. The van der Waals surface area contributed by atoms with Crippen LogP contribution in [0.25, 0.3) is 128 Å². The molecule has 13 rings (SSSR count). The van der Waals surface area contributed by atoms with E-state index in [0.29, 0.717) is 33.6 Å². The van der Waals surface area contributed by atoms with Crippen LogP contribution >= 0.6 is 22.7 Å². The van der Waals surface area contributed by atoms with Gasteiger partial charge < -0.3 is 4.57 Å². The van der Waals surface area contributed by atoms with Crippen molar-refractivity contribution in [2.45, 2.75) is 0 Å². The number of rotatable bonds is 6. The van der Waals surface area contributed by atoms with Gasteiger partial charge in [0.1, 0.15) is 6.07 Å². The van der Waals surface area contributed by atoms with Crippen molar-refractivity contribution in [2.75, 3.05) is 0 Å². The summed E-state index contributed by atoms with van der Waals surface area (Å²) >= 11 is 3.56. The van der Waals surface area contributed by atoms with E-state index in [2.05, 4.69) is 141 Å². The summed E-state index contributed by atoms with van der Waals surface area (Å²) in [5, 5.41) is 19.1. The number of benzene rings is 8. The van der Waals surface area contributed by atoms with Gasteiger partial charge in [-0.05, 0) is 105 Å². The minimum Gasteiger partial charge on any atom is -0.306 e. The largest absolute Gasteiger partial charge is 0.306 e. The molecule has 310 valence electrons. The molecular weight excluding hydrogens is 855 g/mol. The van der Waals surface area contributed by atoms with Gasteiger partial charge in [-0.15, -0.1) is 22.7 Å². The summed E-state index contributed by atoms with van der Waals surface area (Å²) in [5.41, 5.74) is 12.2. The van der Waals surface area contributed by atoms with Crippen LogP contribution in [-0.4, -0.2) is 14.5 Å². The third-order valence-corrected chi connectivity index (χ3v) is 15.4. The molecule has 5 aromatic heterocycles. The average molecular weight is 888 g/mol. The fourth-order valence-corrected chi connectivity index (χ4v) is 12.7. The number of hydrogen-bond acceptors (Lipinski definition) is 5. The number of nitrogens with zero attached hydrogens (tertiary/aromatic N) is 5. The second kappa shape index (κ2) is 15.5. The molecule has 0 N–H and O–H groups in total. The lowest BCUT2D eigenvalue weighted by Crippen LogP contribution is -2.05. The number of nitriles is 1. The molecule has 0 radical (unpaired) electrons. The van der Waals surface area contributed by atoms with E-state index < -0.39 is 0 Å². The molecular formula is C60H33N5S2. The van der Waals surface area contributed by atoms with Gasteiger partial charge in [0.05, 0.1) is 38.3 Å². The Kier molecular flexibility index (Phi) is 8.94. The number of hydrogen-bond donors (Lipinski definition) is 0. The summed E-state index contributed by atoms with van der Waals surface area (Å²) in [6.07, 6.45) is 7.21. The van der Waals surface area contributed by atoms with E-state index >= 15 is 0 Å². The second-order valence-electron chi connectivity index (χ2n) is 16.6. The number of pyridine rings is 2. The van der Waals surface area contributed by atoms with E-state index in [9.17, 15) is 11.8 Å². The van der Waals surface area contributed by atoms with Crippen LogP contribution in [0, 0.1) is 17.9 Å². The second-order valence-corrected chi connectivity index (χ2v) is 18.7. The first kappa shape index (κ1) is 38.7. The zero-order valence-corrected chi connectivity index (χ0v) is 37.2. The quantitative estimate of drug-likeness (QED) is 0.156. The van der Waals surface area contributed by atoms with Gasteiger partial charge in [-0.1, -0.05) is 121 Å². The van der Waals surface area contributed by atoms with E-state index in [-0.39, 0.29) is 0 Å². The van der Waals surface area contributed by atoms with Crippen molar-refractivity contribution in [1.29, 1.82) is 5.26 Å². The van der Waals surface area contributed by atoms with Gasteiger partial charge in [-0.2, -0.15) is 5.26 Å². The van der Waals surface area contributed by atoms with Crippen LogP contribution in [-0.2, 0) is 0 Å². The lowest BCUT2D eigenvalue weighted by Gasteiger charge is -2.25. The average Bonchev–Trinajstić information content (AvgIpc) is 4.08. The number of aromatic nitrogens is 3. The first-order chi connectivity index (χ1) is 33.2.